The first-order chi connectivity index (χ1) is 14.3. The van der Waals surface area contributed by atoms with Crippen molar-refractivity contribution in [1.82, 2.24) is 9.21 Å². The molecule has 160 valence electrons. The summed E-state index contributed by atoms with van der Waals surface area (Å²) in [7, 11) is -0.875. The highest BCUT2D eigenvalue weighted by Crippen LogP contribution is 2.24. The zero-order valence-electron chi connectivity index (χ0n) is 16.6. The van der Waals surface area contributed by atoms with Gasteiger partial charge in [0.05, 0.1) is 24.4 Å². The van der Waals surface area contributed by atoms with Gasteiger partial charge >= 0.3 is 0 Å². The van der Waals surface area contributed by atoms with Gasteiger partial charge in [-0.2, -0.15) is 4.31 Å². The van der Waals surface area contributed by atoms with E-state index in [0.29, 0.717) is 23.1 Å². The van der Waals surface area contributed by atoms with Gasteiger partial charge < -0.3 is 15.0 Å². The third-order valence-corrected chi connectivity index (χ3v) is 7.50. The Morgan fingerprint density at radius 1 is 1.17 bits per heavy atom. The second-order valence-electron chi connectivity index (χ2n) is 6.67. The van der Waals surface area contributed by atoms with E-state index in [1.807, 2.05) is 0 Å². The largest absolute Gasteiger partial charge is 0.497 e. The van der Waals surface area contributed by atoms with Gasteiger partial charge in [0.2, 0.25) is 21.8 Å². The van der Waals surface area contributed by atoms with Crippen molar-refractivity contribution in [1.29, 1.82) is 0 Å². The van der Waals surface area contributed by atoms with Gasteiger partial charge in [-0.25, -0.2) is 8.42 Å². The number of nitrogens with zero attached hydrogens (tertiary/aromatic N) is 2. The summed E-state index contributed by atoms with van der Waals surface area (Å²) in [6.07, 6.45) is 0. The second kappa shape index (κ2) is 9.50. The summed E-state index contributed by atoms with van der Waals surface area (Å²) < 4.78 is 31.4. The number of benzene rings is 2. The number of methoxy groups -OCH3 is 1. The van der Waals surface area contributed by atoms with E-state index in [2.05, 4.69) is 5.32 Å². The molecule has 1 aliphatic heterocycles. The molecule has 3 rings (SSSR count). The fraction of sp³-hybridized carbons (Fsp3) is 0.300. The number of likely N-dealkylation sites (N-methyl/N-ethyl adjacent to an activating group) is 1. The van der Waals surface area contributed by atoms with Gasteiger partial charge in [0.1, 0.15) is 11.8 Å². The summed E-state index contributed by atoms with van der Waals surface area (Å²) in [4.78, 5) is 27.0. The number of carbonyl (C=O) groups is 2. The summed E-state index contributed by atoms with van der Waals surface area (Å²) in [6, 6.07) is 14.1. The Morgan fingerprint density at radius 3 is 2.47 bits per heavy atom. The lowest BCUT2D eigenvalue weighted by Gasteiger charge is -2.25. The number of hydrogen-bond acceptors (Lipinski definition) is 6. The van der Waals surface area contributed by atoms with Gasteiger partial charge in [-0.15, -0.1) is 11.8 Å². The zero-order chi connectivity index (χ0) is 21.7. The molecule has 1 fully saturated rings. The number of hydrogen-bond donors (Lipinski definition) is 1. The molecular formula is C20H23N3O5S2. The van der Waals surface area contributed by atoms with Crippen LogP contribution < -0.4 is 10.1 Å². The van der Waals surface area contributed by atoms with Crippen LogP contribution in [0.15, 0.2) is 59.5 Å². The van der Waals surface area contributed by atoms with Crippen LogP contribution in [0.4, 0.5) is 5.69 Å². The Hall–Kier alpha value is -2.56. The standard InChI is InChI=1S/C20H23N3O5S2/c1-22(30(26,27)17-6-4-3-5-7-17)12-19(24)23-14-29-13-18(23)20(25)21-15-8-10-16(28-2)11-9-15/h3-11,18H,12-14H2,1-2H3,(H,21,25). The first kappa shape index (κ1) is 22.1. The summed E-state index contributed by atoms with van der Waals surface area (Å²) in [5, 5.41) is 2.80. The van der Waals surface area contributed by atoms with Gasteiger partial charge in [0.15, 0.2) is 0 Å². The molecule has 1 N–H and O–H groups in total. The molecule has 2 aromatic carbocycles. The van der Waals surface area contributed by atoms with Gasteiger partial charge in [-0.05, 0) is 36.4 Å². The van der Waals surface area contributed by atoms with E-state index >= 15 is 0 Å². The molecular weight excluding hydrogens is 426 g/mol. The summed E-state index contributed by atoms with van der Waals surface area (Å²) in [5.41, 5.74) is 0.592. The first-order valence-electron chi connectivity index (χ1n) is 9.16. The molecule has 30 heavy (non-hydrogen) atoms. The summed E-state index contributed by atoms with van der Waals surface area (Å²) in [5.74, 6) is 0.717. The molecule has 2 aromatic rings. The molecule has 1 saturated heterocycles. The molecule has 0 radical (unpaired) electrons. The van der Waals surface area contributed by atoms with Crippen LogP contribution in [0.1, 0.15) is 0 Å². The Labute approximate surface area is 180 Å². The molecule has 0 bridgehead atoms. The lowest BCUT2D eigenvalue weighted by molar-refractivity contribution is -0.136. The normalized spacial score (nSPS) is 16.5. The van der Waals surface area contributed by atoms with Gasteiger partial charge in [-0.1, -0.05) is 18.2 Å². The molecule has 1 unspecified atom stereocenters. The molecule has 0 aromatic heterocycles. The Morgan fingerprint density at radius 2 is 1.83 bits per heavy atom. The highest BCUT2D eigenvalue weighted by Gasteiger charge is 2.36. The number of carbonyl (C=O) groups excluding carboxylic acids is 2. The van der Waals surface area contributed by atoms with Crippen molar-refractivity contribution >= 4 is 39.3 Å². The van der Waals surface area contributed by atoms with Crippen molar-refractivity contribution < 1.29 is 22.7 Å². The van der Waals surface area contributed by atoms with E-state index in [9.17, 15) is 18.0 Å². The van der Waals surface area contributed by atoms with E-state index in [0.717, 1.165) is 4.31 Å². The summed E-state index contributed by atoms with van der Waals surface area (Å²) >= 11 is 1.45. The lowest BCUT2D eigenvalue weighted by atomic mass is 10.2. The van der Waals surface area contributed by atoms with Gasteiger partial charge in [-0.3, -0.25) is 9.59 Å². The molecule has 0 aliphatic carbocycles. The van der Waals surface area contributed by atoms with E-state index in [1.54, 1.807) is 49.6 Å². The van der Waals surface area contributed by atoms with Crippen LogP contribution in [-0.4, -0.2) is 67.8 Å². The maximum atomic E-state index is 12.8. The van der Waals surface area contributed by atoms with Crippen LogP contribution in [0, 0.1) is 0 Å². The first-order valence-corrected chi connectivity index (χ1v) is 11.8. The lowest BCUT2D eigenvalue weighted by Crippen LogP contribution is -2.48. The van der Waals surface area contributed by atoms with Crippen LogP contribution in [0.5, 0.6) is 5.75 Å². The van der Waals surface area contributed by atoms with Crippen molar-refractivity contribution in [3.05, 3.63) is 54.6 Å². The third-order valence-electron chi connectivity index (χ3n) is 4.67. The zero-order valence-corrected chi connectivity index (χ0v) is 18.3. The van der Waals surface area contributed by atoms with Crippen molar-refractivity contribution in [2.24, 2.45) is 0 Å². The molecule has 1 aliphatic rings. The predicted octanol–water partition coefficient (Wildman–Crippen LogP) is 1.86. The molecule has 0 saturated carbocycles. The van der Waals surface area contributed by atoms with Crippen LogP contribution in [-0.2, 0) is 19.6 Å². The fourth-order valence-electron chi connectivity index (χ4n) is 2.94. The van der Waals surface area contributed by atoms with Gasteiger partial charge in [0.25, 0.3) is 0 Å². The minimum atomic E-state index is -3.79. The topological polar surface area (TPSA) is 96.0 Å². The number of anilines is 1. The Balaban J connectivity index is 1.65. The van der Waals surface area contributed by atoms with Crippen molar-refractivity contribution in [2.75, 3.05) is 37.6 Å². The van der Waals surface area contributed by atoms with E-state index in [4.69, 9.17) is 4.74 Å². The van der Waals surface area contributed by atoms with Crippen LogP contribution in [0.3, 0.4) is 0 Å². The number of rotatable bonds is 7. The van der Waals surface area contributed by atoms with Crippen molar-refractivity contribution in [2.45, 2.75) is 10.9 Å². The SMILES string of the molecule is COc1ccc(NC(=O)C2CSCN2C(=O)CN(C)S(=O)(=O)c2ccccc2)cc1. The van der Waals surface area contributed by atoms with Crippen LogP contribution in [0.2, 0.25) is 0 Å². The highest BCUT2D eigenvalue weighted by atomic mass is 32.2. The fourth-order valence-corrected chi connectivity index (χ4v) is 5.27. The average Bonchev–Trinajstić information content (AvgIpc) is 3.25. The number of ether oxygens (including phenoxy) is 1. The number of sulfonamides is 1. The van der Waals surface area contributed by atoms with Crippen molar-refractivity contribution in [3.8, 4) is 5.75 Å². The van der Waals surface area contributed by atoms with E-state index < -0.39 is 22.0 Å². The molecule has 10 heteroatoms. The molecule has 1 heterocycles. The van der Waals surface area contributed by atoms with Gasteiger partial charge in [0, 0.05) is 18.5 Å². The van der Waals surface area contributed by atoms with Crippen LogP contribution in [0.25, 0.3) is 0 Å². The molecule has 8 nitrogen and oxygen atoms in total. The monoisotopic (exact) mass is 449 g/mol. The number of amides is 2. The van der Waals surface area contributed by atoms with Crippen molar-refractivity contribution in [3.63, 3.8) is 0 Å². The Bertz CT molecular complexity index is 997. The Kier molecular flexibility index (Phi) is 7.01. The van der Waals surface area contributed by atoms with E-state index in [1.165, 1.54) is 35.8 Å². The third kappa shape index (κ3) is 4.94. The van der Waals surface area contributed by atoms with Crippen LogP contribution >= 0.6 is 11.8 Å². The predicted molar refractivity (Wildman–Crippen MR) is 116 cm³/mol. The minimum absolute atomic E-state index is 0.116. The summed E-state index contributed by atoms with van der Waals surface area (Å²) in [6.45, 7) is -0.343. The smallest absolute Gasteiger partial charge is 0.248 e. The second-order valence-corrected chi connectivity index (χ2v) is 9.72. The molecule has 0 spiro atoms. The molecule has 2 amide bonds. The minimum Gasteiger partial charge on any atom is -0.497 e. The number of thioether (sulfide) groups is 1. The maximum Gasteiger partial charge on any atom is 0.248 e. The highest BCUT2D eigenvalue weighted by molar-refractivity contribution is 7.99. The molecule has 1 atom stereocenters. The average molecular weight is 450 g/mol. The quantitative estimate of drug-likeness (QED) is 0.693. The van der Waals surface area contributed by atoms with E-state index in [-0.39, 0.29) is 17.3 Å². The number of nitrogens with one attached hydrogen (secondary N) is 1. The maximum absolute atomic E-state index is 12.8.